The van der Waals surface area contributed by atoms with Gasteiger partial charge in [0.15, 0.2) is 0 Å². The summed E-state index contributed by atoms with van der Waals surface area (Å²) < 4.78 is 5.01. The zero-order valence-corrected chi connectivity index (χ0v) is 11.1. The minimum Gasteiger partial charge on any atom is -0.497 e. The molecular formula is C12H15ClN2O4. The first kappa shape index (κ1) is 15.3. The van der Waals surface area contributed by atoms with Gasteiger partial charge in [-0.1, -0.05) is 11.6 Å². The molecular weight excluding hydrogens is 272 g/mol. The quantitative estimate of drug-likeness (QED) is 0.735. The van der Waals surface area contributed by atoms with Crippen LogP contribution in [0.3, 0.4) is 0 Å². The molecule has 19 heavy (non-hydrogen) atoms. The van der Waals surface area contributed by atoms with E-state index < -0.39 is 17.9 Å². The Kier molecular flexibility index (Phi) is 5.59. The summed E-state index contributed by atoms with van der Waals surface area (Å²) in [5, 5.41) is 11.4. The molecule has 1 unspecified atom stereocenters. The molecule has 104 valence electrons. The predicted molar refractivity (Wildman–Crippen MR) is 71.5 cm³/mol. The highest BCUT2D eigenvalue weighted by Crippen LogP contribution is 2.26. The summed E-state index contributed by atoms with van der Waals surface area (Å²) in [5.74, 6) is -0.946. The van der Waals surface area contributed by atoms with E-state index in [2.05, 4.69) is 5.32 Å². The monoisotopic (exact) mass is 286 g/mol. The number of nitrogens with two attached hydrogens (primary N) is 1. The standard InChI is InChI=1S/C12H15ClN2O4/c1-19-7-2-3-8(13)10(6-7)15-12(18)9(14)4-5-11(16)17/h2-3,6,9H,4-5,14H2,1H3,(H,15,18)(H,16,17). The fourth-order valence-electron chi connectivity index (χ4n) is 1.36. The first-order valence-corrected chi connectivity index (χ1v) is 5.93. The predicted octanol–water partition coefficient (Wildman–Crippen LogP) is 1.48. The number of carboxylic acid groups (broad SMARTS) is 1. The Bertz CT molecular complexity index is 479. The molecule has 4 N–H and O–H groups in total. The van der Waals surface area contributed by atoms with Crippen molar-refractivity contribution in [2.24, 2.45) is 5.73 Å². The molecule has 1 atom stereocenters. The number of carbonyl (C=O) groups excluding carboxylic acids is 1. The molecule has 0 bridgehead atoms. The fraction of sp³-hybridized carbons (Fsp3) is 0.333. The normalized spacial score (nSPS) is 11.7. The van der Waals surface area contributed by atoms with E-state index in [1.54, 1.807) is 18.2 Å². The molecule has 6 nitrogen and oxygen atoms in total. The number of amides is 1. The van der Waals surface area contributed by atoms with Gasteiger partial charge in [0.05, 0.1) is 23.9 Å². The van der Waals surface area contributed by atoms with Crippen LogP contribution in [0, 0.1) is 0 Å². The molecule has 0 fully saturated rings. The number of aliphatic carboxylic acids is 1. The van der Waals surface area contributed by atoms with Crippen LogP contribution >= 0.6 is 11.6 Å². The molecule has 1 rings (SSSR count). The van der Waals surface area contributed by atoms with Crippen LogP contribution in [-0.4, -0.2) is 30.1 Å². The zero-order valence-electron chi connectivity index (χ0n) is 10.4. The summed E-state index contributed by atoms with van der Waals surface area (Å²) in [4.78, 5) is 22.1. The van der Waals surface area contributed by atoms with Gasteiger partial charge in [-0.25, -0.2) is 0 Å². The number of methoxy groups -OCH3 is 1. The second kappa shape index (κ2) is 6.96. The number of hydrogen-bond acceptors (Lipinski definition) is 4. The third kappa shape index (κ3) is 4.76. The molecule has 0 saturated heterocycles. The maximum Gasteiger partial charge on any atom is 0.303 e. The van der Waals surface area contributed by atoms with Crippen molar-refractivity contribution in [3.05, 3.63) is 23.2 Å². The van der Waals surface area contributed by atoms with Gasteiger partial charge in [-0.15, -0.1) is 0 Å². The smallest absolute Gasteiger partial charge is 0.303 e. The highest BCUT2D eigenvalue weighted by Gasteiger charge is 2.16. The molecule has 1 aromatic rings. The Labute approximate surface area is 115 Å². The number of benzene rings is 1. The van der Waals surface area contributed by atoms with E-state index in [9.17, 15) is 9.59 Å². The van der Waals surface area contributed by atoms with Crippen LogP contribution in [0.4, 0.5) is 5.69 Å². The molecule has 0 aliphatic rings. The Morgan fingerprint density at radius 3 is 2.79 bits per heavy atom. The minimum absolute atomic E-state index is 0.0583. The first-order chi connectivity index (χ1) is 8.93. The lowest BCUT2D eigenvalue weighted by atomic mass is 10.1. The van der Waals surface area contributed by atoms with Gasteiger partial charge in [-0.3, -0.25) is 9.59 Å². The van der Waals surface area contributed by atoms with Gasteiger partial charge in [0, 0.05) is 12.5 Å². The topological polar surface area (TPSA) is 102 Å². The van der Waals surface area contributed by atoms with E-state index in [0.29, 0.717) is 16.5 Å². The number of halogens is 1. The van der Waals surface area contributed by atoms with Crippen LogP contribution in [-0.2, 0) is 9.59 Å². The van der Waals surface area contributed by atoms with Crippen LogP contribution in [0.1, 0.15) is 12.8 Å². The Balaban J connectivity index is 2.68. The molecule has 0 radical (unpaired) electrons. The second-order valence-corrected chi connectivity index (χ2v) is 4.28. The molecule has 1 aromatic carbocycles. The molecule has 0 aliphatic carbocycles. The number of ether oxygens (including phenoxy) is 1. The van der Waals surface area contributed by atoms with Gasteiger partial charge in [-0.05, 0) is 18.6 Å². The van der Waals surface area contributed by atoms with Crippen molar-refractivity contribution in [1.29, 1.82) is 0 Å². The number of nitrogens with one attached hydrogen (secondary N) is 1. The highest BCUT2D eigenvalue weighted by molar-refractivity contribution is 6.33. The number of anilines is 1. The van der Waals surface area contributed by atoms with E-state index in [4.69, 9.17) is 27.2 Å². The van der Waals surface area contributed by atoms with E-state index in [-0.39, 0.29) is 12.8 Å². The van der Waals surface area contributed by atoms with Crippen molar-refractivity contribution < 1.29 is 19.4 Å². The number of hydrogen-bond donors (Lipinski definition) is 3. The Morgan fingerprint density at radius 1 is 1.53 bits per heavy atom. The Hall–Kier alpha value is -1.79. The maximum atomic E-state index is 11.7. The van der Waals surface area contributed by atoms with Gasteiger partial charge < -0.3 is 20.9 Å². The lowest BCUT2D eigenvalue weighted by Gasteiger charge is -2.13. The molecule has 0 saturated carbocycles. The van der Waals surface area contributed by atoms with E-state index in [1.807, 2.05) is 0 Å². The van der Waals surface area contributed by atoms with Crippen molar-refractivity contribution in [1.82, 2.24) is 0 Å². The van der Waals surface area contributed by atoms with Crippen LogP contribution in [0.2, 0.25) is 5.02 Å². The molecule has 0 aromatic heterocycles. The highest BCUT2D eigenvalue weighted by atomic mass is 35.5. The van der Waals surface area contributed by atoms with Crippen molar-refractivity contribution in [3.63, 3.8) is 0 Å². The minimum atomic E-state index is -0.998. The van der Waals surface area contributed by atoms with E-state index >= 15 is 0 Å². The summed E-state index contributed by atoms with van der Waals surface area (Å²) in [6.07, 6.45) is -0.108. The first-order valence-electron chi connectivity index (χ1n) is 5.56. The van der Waals surface area contributed by atoms with Gasteiger partial charge in [0.2, 0.25) is 5.91 Å². The largest absolute Gasteiger partial charge is 0.497 e. The lowest BCUT2D eigenvalue weighted by Crippen LogP contribution is -2.36. The molecule has 7 heteroatoms. The molecule has 0 spiro atoms. The molecule has 0 aliphatic heterocycles. The zero-order chi connectivity index (χ0) is 14.4. The number of carboxylic acids is 1. The van der Waals surface area contributed by atoms with Crippen molar-refractivity contribution >= 4 is 29.2 Å². The average Bonchev–Trinajstić information content (AvgIpc) is 2.38. The van der Waals surface area contributed by atoms with Crippen LogP contribution in [0.5, 0.6) is 5.75 Å². The summed E-state index contributed by atoms with van der Waals surface area (Å²) in [6, 6.07) is 3.89. The SMILES string of the molecule is COc1ccc(Cl)c(NC(=O)C(N)CCC(=O)O)c1. The average molecular weight is 287 g/mol. The van der Waals surface area contributed by atoms with Gasteiger partial charge >= 0.3 is 5.97 Å². The molecule has 1 amide bonds. The van der Waals surface area contributed by atoms with Crippen molar-refractivity contribution in [2.45, 2.75) is 18.9 Å². The Morgan fingerprint density at radius 2 is 2.21 bits per heavy atom. The number of carbonyl (C=O) groups is 2. The van der Waals surface area contributed by atoms with Crippen LogP contribution in [0.25, 0.3) is 0 Å². The van der Waals surface area contributed by atoms with E-state index in [0.717, 1.165) is 0 Å². The summed E-state index contributed by atoms with van der Waals surface area (Å²) in [7, 11) is 1.49. The van der Waals surface area contributed by atoms with Gasteiger partial charge in [-0.2, -0.15) is 0 Å². The maximum absolute atomic E-state index is 11.7. The van der Waals surface area contributed by atoms with Gasteiger partial charge in [0.1, 0.15) is 5.75 Å². The van der Waals surface area contributed by atoms with Crippen molar-refractivity contribution in [3.8, 4) is 5.75 Å². The summed E-state index contributed by atoms with van der Waals surface area (Å²) in [6.45, 7) is 0. The van der Waals surface area contributed by atoms with Crippen molar-refractivity contribution in [2.75, 3.05) is 12.4 Å². The fourth-order valence-corrected chi connectivity index (χ4v) is 1.53. The van der Waals surface area contributed by atoms with E-state index in [1.165, 1.54) is 7.11 Å². The summed E-state index contributed by atoms with van der Waals surface area (Å²) in [5.41, 5.74) is 5.96. The van der Waals surface area contributed by atoms with Gasteiger partial charge in [0.25, 0.3) is 0 Å². The lowest BCUT2D eigenvalue weighted by molar-refractivity contribution is -0.137. The van der Waals surface area contributed by atoms with Crippen LogP contribution in [0.15, 0.2) is 18.2 Å². The number of rotatable bonds is 6. The summed E-state index contributed by atoms with van der Waals surface area (Å²) >= 11 is 5.92. The molecule has 0 heterocycles. The van der Waals surface area contributed by atoms with Crippen LogP contribution < -0.4 is 15.8 Å². The third-order valence-electron chi connectivity index (χ3n) is 2.44. The third-order valence-corrected chi connectivity index (χ3v) is 2.77. The second-order valence-electron chi connectivity index (χ2n) is 3.87.